The summed E-state index contributed by atoms with van der Waals surface area (Å²) in [5.74, 6) is -0.821. The molecule has 0 heterocycles. The first-order valence-electron chi connectivity index (χ1n) is 6.56. The highest BCUT2D eigenvalue weighted by atomic mass is 16.4. The topological polar surface area (TPSA) is 57.5 Å². The number of hydrogen-bond donors (Lipinski definition) is 2. The zero-order chi connectivity index (χ0) is 12.2. The van der Waals surface area contributed by atoms with E-state index < -0.39 is 12.1 Å². The molecule has 0 aliphatic rings. The van der Waals surface area contributed by atoms with Crippen molar-refractivity contribution in [1.29, 1.82) is 0 Å². The summed E-state index contributed by atoms with van der Waals surface area (Å²) >= 11 is 0. The Hall–Kier alpha value is -0.570. The minimum Gasteiger partial charge on any atom is -0.481 e. The second-order valence-corrected chi connectivity index (χ2v) is 4.50. The molecule has 0 amide bonds. The quantitative estimate of drug-likeness (QED) is 0.535. The summed E-state index contributed by atoms with van der Waals surface area (Å²) in [7, 11) is 0. The highest BCUT2D eigenvalue weighted by Gasteiger charge is 2.06. The van der Waals surface area contributed by atoms with Gasteiger partial charge >= 0.3 is 5.97 Å². The molecule has 0 saturated heterocycles. The largest absolute Gasteiger partial charge is 0.481 e. The average molecular weight is 230 g/mol. The zero-order valence-electron chi connectivity index (χ0n) is 10.5. The molecule has 2 N–H and O–H groups in total. The van der Waals surface area contributed by atoms with Crippen LogP contribution in [-0.4, -0.2) is 22.3 Å². The van der Waals surface area contributed by atoms with Crippen molar-refractivity contribution >= 4 is 5.97 Å². The predicted molar refractivity (Wildman–Crippen MR) is 65.5 cm³/mol. The molecule has 1 unspecified atom stereocenters. The summed E-state index contributed by atoms with van der Waals surface area (Å²) in [4.78, 5) is 10.3. The molecule has 16 heavy (non-hydrogen) atoms. The molecule has 0 radical (unpaired) electrons. The van der Waals surface area contributed by atoms with E-state index in [0.717, 1.165) is 19.3 Å². The molecule has 0 aromatic heterocycles. The van der Waals surface area contributed by atoms with Gasteiger partial charge in [0.15, 0.2) is 0 Å². The molecule has 3 heteroatoms. The van der Waals surface area contributed by atoms with E-state index in [0.29, 0.717) is 6.42 Å². The molecule has 0 aromatic rings. The molecule has 0 saturated carbocycles. The van der Waals surface area contributed by atoms with Crippen LogP contribution in [-0.2, 0) is 4.79 Å². The SMILES string of the molecule is CCCCCCCCCC(O)CCC(=O)O. The molecule has 3 nitrogen and oxygen atoms in total. The van der Waals surface area contributed by atoms with Gasteiger partial charge in [0.2, 0.25) is 0 Å². The van der Waals surface area contributed by atoms with E-state index in [9.17, 15) is 9.90 Å². The van der Waals surface area contributed by atoms with Gasteiger partial charge in [-0.1, -0.05) is 51.9 Å². The zero-order valence-corrected chi connectivity index (χ0v) is 10.5. The summed E-state index contributed by atoms with van der Waals surface area (Å²) in [6.07, 6.45) is 9.43. The van der Waals surface area contributed by atoms with E-state index in [-0.39, 0.29) is 6.42 Å². The van der Waals surface area contributed by atoms with E-state index in [1.807, 2.05) is 0 Å². The van der Waals surface area contributed by atoms with Crippen LogP contribution in [0.4, 0.5) is 0 Å². The smallest absolute Gasteiger partial charge is 0.303 e. The van der Waals surface area contributed by atoms with Crippen LogP contribution in [0.25, 0.3) is 0 Å². The van der Waals surface area contributed by atoms with Gasteiger partial charge in [0.05, 0.1) is 6.10 Å². The number of aliphatic hydroxyl groups is 1. The van der Waals surface area contributed by atoms with Crippen molar-refractivity contribution in [2.24, 2.45) is 0 Å². The van der Waals surface area contributed by atoms with Gasteiger partial charge in [0.25, 0.3) is 0 Å². The number of unbranched alkanes of at least 4 members (excludes halogenated alkanes) is 6. The van der Waals surface area contributed by atoms with Crippen LogP contribution in [0, 0.1) is 0 Å². The van der Waals surface area contributed by atoms with Gasteiger partial charge in [-0.2, -0.15) is 0 Å². The minimum atomic E-state index is -0.821. The predicted octanol–water partition coefficient (Wildman–Crippen LogP) is 3.35. The lowest BCUT2D eigenvalue weighted by Crippen LogP contribution is -2.09. The Bertz CT molecular complexity index is 169. The Labute approximate surface area is 98.9 Å². The van der Waals surface area contributed by atoms with E-state index >= 15 is 0 Å². The van der Waals surface area contributed by atoms with Crippen molar-refractivity contribution in [2.75, 3.05) is 0 Å². The monoisotopic (exact) mass is 230 g/mol. The molecule has 0 spiro atoms. The van der Waals surface area contributed by atoms with Crippen molar-refractivity contribution in [3.05, 3.63) is 0 Å². The number of carboxylic acids is 1. The maximum Gasteiger partial charge on any atom is 0.303 e. The van der Waals surface area contributed by atoms with E-state index in [4.69, 9.17) is 5.11 Å². The Morgan fingerprint density at radius 3 is 2.12 bits per heavy atom. The third-order valence-electron chi connectivity index (χ3n) is 2.83. The van der Waals surface area contributed by atoms with Gasteiger partial charge in [-0.3, -0.25) is 4.79 Å². The van der Waals surface area contributed by atoms with Crippen molar-refractivity contribution in [3.63, 3.8) is 0 Å². The maximum absolute atomic E-state index is 10.3. The van der Waals surface area contributed by atoms with Crippen LogP contribution >= 0.6 is 0 Å². The lowest BCUT2D eigenvalue weighted by atomic mass is 10.0. The Balaban J connectivity index is 3.15. The summed E-state index contributed by atoms with van der Waals surface area (Å²) in [5.41, 5.74) is 0. The van der Waals surface area contributed by atoms with Gasteiger partial charge in [-0.15, -0.1) is 0 Å². The van der Waals surface area contributed by atoms with E-state index in [1.165, 1.54) is 32.1 Å². The molecular formula is C13H26O3. The summed E-state index contributed by atoms with van der Waals surface area (Å²) < 4.78 is 0. The fourth-order valence-corrected chi connectivity index (χ4v) is 1.77. The molecule has 96 valence electrons. The van der Waals surface area contributed by atoms with Crippen molar-refractivity contribution in [1.82, 2.24) is 0 Å². The van der Waals surface area contributed by atoms with Gasteiger partial charge < -0.3 is 10.2 Å². The third-order valence-corrected chi connectivity index (χ3v) is 2.83. The standard InChI is InChI=1S/C13H26O3/c1-2-3-4-5-6-7-8-9-12(14)10-11-13(15)16/h12,14H,2-11H2,1H3,(H,15,16). The van der Waals surface area contributed by atoms with Crippen LogP contribution < -0.4 is 0 Å². The van der Waals surface area contributed by atoms with Crippen LogP contribution in [0.15, 0.2) is 0 Å². The van der Waals surface area contributed by atoms with Crippen LogP contribution in [0.1, 0.15) is 71.1 Å². The molecule has 0 aliphatic carbocycles. The first kappa shape index (κ1) is 15.4. The summed E-state index contributed by atoms with van der Waals surface area (Å²) in [6.45, 7) is 2.21. The van der Waals surface area contributed by atoms with E-state index in [1.54, 1.807) is 0 Å². The highest BCUT2D eigenvalue weighted by Crippen LogP contribution is 2.11. The fourth-order valence-electron chi connectivity index (χ4n) is 1.77. The number of aliphatic hydroxyl groups excluding tert-OH is 1. The van der Waals surface area contributed by atoms with Crippen molar-refractivity contribution < 1.29 is 15.0 Å². The highest BCUT2D eigenvalue weighted by molar-refractivity contribution is 5.66. The number of rotatable bonds is 11. The molecule has 1 atom stereocenters. The molecule has 0 fully saturated rings. The van der Waals surface area contributed by atoms with Crippen LogP contribution in [0.2, 0.25) is 0 Å². The Morgan fingerprint density at radius 1 is 1.00 bits per heavy atom. The summed E-state index contributed by atoms with van der Waals surface area (Å²) in [5, 5.41) is 17.9. The van der Waals surface area contributed by atoms with Gasteiger partial charge in [0.1, 0.15) is 0 Å². The number of carboxylic acid groups (broad SMARTS) is 1. The Morgan fingerprint density at radius 2 is 1.56 bits per heavy atom. The molecular weight excluding hydrogens is 204 g/mol. The maximum atomic E-state index is 10.3. The van der Waals surface area contributed by atoms with Crippen molar-refractivity contribution in [3.8, 4) is 0 Å². The van der Waals surface area contributed by atoms with Crippen LogP contribution in [0.3, 0.4) is 0 Å². The van der Waals surface area contributed by atoms with Gasteiger partial charge in [-0.05, 0) is 12.8 Å². The molecule has 0 aromatic carbocycles. The number of hydrogen-bond acceptors (Lipinski definition) is 2. The first-order valence-corrected chi connectivity index (χ1v) is 6.56. The minimum absolute atomic E-state index is 0.0810. The van der Waals surface area contributed by atoms with Crippen molar-refractivity contribution in [2.45, 2.75) is 77.2 Å². The lowest BCUT2D eigenvalue weighted by Gasteiger charge is -2.08. The molecule has 0 rings (SSSR count). The van der Waals surface area contributed by atoms with Crippen LogP contribution in [0.5, 0.6) is 0 Å². The van der Waals surface area contributed by atoms with Gasteiger partial charge in [0, 0.05) is 6.42 Å². The second kappa shape index (κ2) is 10.9. The molecule has 0 aliphatic heterocycles. The third kappa shape index (κ3) is 11.5. The normalized spacial score (nSPS) is 12.6. The Kier molecular flexibility index (Phi) is 10.5. The number of aliphatic carboxylic acids is 1. The molecule has 0 bridgehead atoms. The lowest BCUT2D eigenvalue weighted by molar-refractivity contribution is -0.137. The average Bonchev–Trinajstić information content (AvgIpc) is 2.25. The van der Waals surface area contributed by atoms with Gasteiger partial charge in [-0.25, -0.2) is 0 Å². The number of carbonyl (C=O) groups is 1. The second-order valence-electron chi connectivity index (χ2n) is 4.50. The fraction of sp³-hybridized carbons (Fsp3) is 0.923. The first-order chi connectivity index (χ1) is 7.66. The summed E-state index contributed by atoms with van der Waals surface area (Å²) in [6, 6.07) is 0. The van der Waals surface area contributed by atoms with E-state index in [2.05, 4.69) is 6.92 Å².